The molecule has 0 N–H and O–H groups in total. The van der Waals surface area contributed by atoms with E-state index >= 15 is 0 Å². The number of benzene rings is 1. The van der Waals surface area contributed by atoms with Crippen LogP contribution >= 0.6 is 0 Å². The maximum atomic E-state index is 5.52. The zero-order valence-corrected chi connectivity index (χ0v) is 17.0. The third-order valence-corrected chi connectivity index (χ3v) is 5.45. The summed E-state index contributed by atoms with van der Waals surface area (Å²) in [4.78, 5) is 14.2. The first-order valence-corrected chi connectivity index (χ1v) is 10.5. The molecule has 2 aliphatic heterocycles. The lowest BCUT2D eigenvalue weighted by molar-refractivity contribution is 0.121. The molecule has 5 rings (SSSR count). The van der Waals surface area contributed by atoms with Crippen molar-refractivity contribution in [1.82, 2.24) is 19.7 Å². The summed E-state index contributed by atoms with van der Waals surface area (Å²) in [6.45, 7) is 6.88. The molecule has 2 saturated heterocycles. The molecule has 0 unspecified atom stereocenters. The van der Waals surface area contributed by atoms with Gasteiger partial charge in [-0.1, -0.05) is 30.3 Å². The van der Waals surface area contributed by atoms with Crippen LogP contribution in [0, 0.1) is 0 Å². The Hall–Kier alpha value is -2.97. The summed E-state index contributed by atoms with van der Waals surface area (Å²) < 4.78 is 13.0. The molecular formula is C22H26N6O2. The van der Waals surface area contributed by atoms with Crippen LogP contribution in [-0.4, -0.2) is 72.4 Å². The molecular weight excluding hydrogens is 380 g/mol. The summed E-state index contributed by atoms with van der Waals surface area (Å²) in [5, 5.41) is 4.56. The first kappa shape index (κ1) is 19.0. The fourth-order valence-electron chi connectivity index (χ4n) is 3.78. The molecule has 0 saturated carbocycles. The van der Waals surface area contributed by atoms with Crippen molar-refractivity contribution in [2.45, 2.75) is 6.54 Å². The Morgan fingerprint density at radius 2 is 1.53 bits per heavy atom. The molecule has 0 spiro atoms. The number of rotatable bonds is 5. The Bertz CT molecular complexity index is 929. The summed E-state index contributed by atoms with van der Waals surface area (Å²) in [5.74, 6) is 1.70. The molecule has 0 radical (unpaired) electrons. The van der Waals surface area contributed by atoms with Gasteiger partial charge in [-0.05, 0) is 5.56 Å². The van der Waals surface area contributed by atoms with Crippen LogP contribution in [0.1, 0.15) is 5.56 Å². The SMILES string of the molecule is c1ccc(Cn2cc(-c3cc(N4CCOCC4)nc(N4CCOCC4)n3)cn2)cc1. The molecule has 8 heteroatoms. The summed E-state index contributed by atoms with van der Waals surface area (Å²) in [7, 11) is 0. The standard InChI is InChI=1S/C22H26N6O2/c1-2-4-18(5-3-1)16-28-17-19(15-23-28)20-14-21(26-6-10-29-11-7-26)25-22(24-20)27-8-12-30-13-9-27/h1-5,14-15,17H,6-13,16H2. The average molecular weight is 406 g/mol. The lowest BCUT2D eigenvalue weighted by atomic mass is 10.2. The van der Waals surface area contributed by atoms with Gasteiger partial charge >= 0.3 is 0 Å². The highest BCUT2D eigenvalue weighted by atomic mass is 16.5. The van der Waals surface area contributed by atoms with Crippen LogP contribution in [0.15, 0.2) is 48.8 Å². The third-order valence-electron chi connectivity index (χ3n) is 5.45. The van der Waals surface area contributed by atoms with Crippen molar-refractivity contribution in [2.75, 3.05) is 62.4 Å². The van der Waals surface area contributed by atoms with Gasteiger partial charge < -0.3 is 19.3 Å². The number of morpholine rings is 2. The maximum Gasteiger partial charge on any atom is 0.228 e. The van der Waals surface area contributed by atoms with Gasteiger partial charge in [0.25, 0.3) is 0 Å². The highest BCUT2D eigenvalue weighted by molar-refractivity contribution is 5.64. The molecule has 0 amide bonds. The fourth-order valence-corrected chi connectivity index (χ4v) is 3.78. The highest BCUT2D eigenvalue weighted by Gasteiger charge is 2.20. The van der Waals surface area contributed by atoms with Gasteiger partial charge in [-0.25, -0.2) is 4.98 Å². The van der Waals surface area contributed by atoms with Gasteiger partial charge in [-0.15, -0.1) is 0 Å². The van der Waals surface area contributed by atoms with Crippen molar-refractivity contribution in [3.63, 3.8) is 0 Å². The van der Waals surface area contributed by atoms with Crippen LogP contribution in [0.5, 0.6) is 0 Å². The van der Waals surface area contributed by atoms with Crippen LogP contribution in [-0.2, 0) is 16.0 Å². The maximum absolute atomic E-state index is 5.52. The molecule has 0 atom stereocenters. The van der Waals surface area contributed by atoms with E-state index in [2.05, 4.69) is 39.3 Å². The predicted octanol–water partition coefficient (Wildman–Crippen LogP) is 2.06. The Balaban J connectivity index is 1.45. The van der Waals surface area contributed by atoms with Gasteiger partial charge in [0.1, 0.15) is 5.82 Å². The second kappa shape index (κ2) is 8.81. The van der Waals surface area contributed by atoms with E-state index in [1.54, 1.807) is 0 Å². The van der Waals surface area contributed by atoms with Crippen molar-refractivity contribution in [3.8, 4) is 11.3 Å². The number of ether oxygens (including phenoxy) is 2. The van der Waals surface area contributed by atoms with E-state index in [1.807, 2.05) is 29.1 Å². The van der Waals surface area contributed by atoms with Crippen molar-refractivity contribution in [1.29, 1.82) is 0 Å². The molecule has 3 aromatic rings. The minimum absolute atomic E-state index is 0.704. The number of aromatic nitrogens is 4. The quantitative estimate of drug-likeness (QED) is 0.642. The van der Waals surface area contributed by atoms with Gasteiger partial charge in [0.2, 0.25) is 5.95 Å². The normalized spacial score (nSPS) is 17.3. The number of hydrogen-bond donors (Lipinski definition) is 0. The van der Waals surface area contributed by atoms with E-state index in [9.17, 15) is 0 Å². The summed E-state index contributed by atoms with van der Waals surface area (Å²) in [6.07, 6.45) is 3.94. The van der Waals surface area contributed by atoms with E-state index in [1.165, 1.54) is 5.56 Å². The Labute approximate surface area is 176 Å². The lowest BCUT2D eigenvalue weighted by Gasteiger charge is -2.31. The van der Waals surface area contributed by atoms with Crippen molar-refractivity contribution in [2.24, 2.45) is 0 Å². The molecule has 156 valence electrons. The Morgan fingerprint density at radius 3 is 2.27 bits per heavy atom. The van der Waals surface area contributed by atoms with Crippen LogP contribution in [0.3, 0.4) is 0 Å². The Kier molecular flexibility index (Phi) is 5.58. The van der Waals surface area contributed by atoms with Crippen LogP contribution in [0.25, 0.3) is 11.3 Å². The molecule has 30 heavy (non-hydrogen) atoms. The molecule has 4 heterocycles. The molecule has 2 aliphatic rings. The second-order valence-corrected chi connectivity index (χ2v) is 7.52. The smallest absolute Gasteiger partial charge is 0.228 e. The first-order chi connectivity index (χ1) is 14.8. The van der Waals surface area contributed by atoms with Gasteiger partial charge in [-0.3, -0.25) is 4.68 Å². The third kappa shape index (κ3) is 4.29. The van der Waals surface area contributed by atoms with Gasteiger partial charge in [0.15, 0.2) is 0 Å². The monoisotopic (exact) mass is 406 g/mol. The van der Waals surface area contributed by atoms with Crippen molar-refractivity contribution in [3.05, 3.63) is 54.4 Å². The van der Waals surface area contributed by atoms with Crippen molar-refractivity contribution >= 4 is 11.8 Å². The molecule has 2 aromatic heterocycles. The molecule has 2 fully saturated rings. The number of hydrogen-bond acceptors (Lipinski definition) is 7. The van der Waals surface area contributed by atoms with E-state index in [0.29, 0.717) is 13.2 Å². The first-order valence-electron chi connectivity index (χ1n) is 10.5. The second-order valence-electron chi connectivity index (χ2n) is 7.52. The van der Waals surface area contributed by atoms with Crippen LogP contribution in [0.4, 0.5) is 11.8 Å². The topological polar surface area (TPSA) is 68.5 Å². The van der Waals surface area contributed by atoms with E-state index in [-0.39, 0.29) is 0 Å². The zero-order chi connectivity index (χ0) is 20.2. The van der Waals surface area contributed by atoms with Crippen LogP contribution in [0.2, 0.25) is 0 Å². The highest BCUT2D eigenvalue weighted by Crippen LogP contribution is 2.26. The minimum Gasteiger partial charge on any atom is -0.378 e. The summed E-state index contributed by atoms with van der Waals surface area (Å²) in [6, 6.07) is 12.4. The Morgan fingerprint density at radius 1 is 0.833 bits per heavy atom. The number of anilines is 2. The lowest BCUT2D eigenvalue weighted by Crippen LogP contribution is -2.39. The average Bonchev–Trinajstić information content (AvgIpc) is 3.29. The molecule has 0 aliphatic carbocycles. The minimum atomic E-state index is 0.704. The van der Waals surface area contributed by atoms with Crippen molar-refractivity contribution < 1.29 is 9.47 Å². The summed E-state index contributed by atoms with van der Waals surface area (Å²) in [5.41, 5.74) is 3.11. The van der Waals surface area contributed by atoms with Gasteiger partial charge in [0.05, 0.1) is 44.9 Å². The van der Waals surface area contributed by atoms with Gasteiger partial charge in [0, 0.05) is 44.0 Å². The molecule has 1 aromatic carbocycles. The molecule has 8 nitrogen and oxygen atoms in total. The summed E-state index contributed by atoms with van der Waals surface area (Å²) >= 11 is 0. The van der Waals surface area contributed by atoms with Gasteiger partial charge in [-0.2, -0.15) is 10.1 Å². The van der Waals surface area contributed by atoms with E-state index in [0.717, 1.165) is 69.0 Å². The van der Waals surface area contributed by atoms with E-state index in [4.69, 9.17) is 19.4 Å². The molecule has 0 bridgehead atoms. The largest absolute Gasteiger partial charge is 0.378 e. The van der Waals surface area contributed by atoms with E-state index < -0.39 is 0 Å². The fraction of sp³-hybridized carbons (Fsp3) is 0.409. The predicted molar refractivity (Wildman–Crippen MR) is 115 cm³/mol. The zero-order valence-electron chi connectivity index (χ0n) is 17.0. The number of nitrogens with zero attached hydrogens (tertiary/aromatic N) is 6. The van der Waals surface area contributed by atoms with Crippen LogP contribution < -0.4 is 9.80 Å².